The van der Waals surface area contributed by atoms with Crippen LogP contribution in [0.2, 0.25) is 0 Å². The number of carbonyl (C=O) groups excluding carboxylic acids is 1. The maximum Gasteiger partial charge on any atom is 0.223 e. The summed E-state index contributed by atoms with van der Waals surface area (Å²) < 4.78 is 11.4. The van der Waals surface area contributed by atoms with Gasteiger partial charge in [-0.3, -0.25) is 9.78 Å². The lowest BCUT2D eigenvalue weighted by atomic mass is 10.1. The molecule has 0 aliphatic heterocycles. The van der Waals surface area contributed by atoms with Gasteiger partial charge in [0.25, 0.3) is 0 Å². The minimum absolute atomic E-state index is 0.0359. The van der Waals surface area contributed by atoms with E-state index in [9.17, 15) is 4.79 Å². The Morgan fingerprint density at radius 2 is 1.69 bits per heavy atom. The first-order chi connectivity index (χ1) is 14.1. The van der Waals surface area contributed by atoms with Gasteiger partial charge in [-0.15, -0.1) is 0 Å². The molecule has 0 radical (unpaired) electrons. The van der Waals surface area contributed by atoms with Crippen LogP contribution in [0.25, 0.3) is 0 Å². The van der Waals surface area contributed by atoms with Crippen molar-refractivity contribution in [2.75, 3.05) is 6.61 Å². The number of nitrogens with one attached hydrogen (secondary N) is 1. The Kier molecular flexibility index (Phi) is 7.22. The van der Waals surface area contributed by atoms with Crippen LogP contribution in [0.4, 0.5) is 0 Å². The Hall–Kier alpha value is -3.34. The van der Waals surface area contributed by atoms with Crippen LogP contribution in [-0.4, -0.2) is 17.5 Å². The van der Waals surface area contributed by atoms with Crippen LogP contribution in [0.1, 0.15) is 28.7 Å². The van der Waals surface area contributed by atoms with E-state index >= 15 is 0 Å². The van der Waals surface area contributed by atoms with Crippen molar-refractivity contribution >= 4 is 5.91 Å². The second-order valence-corrected chi connectivity index (χ2v) is 6.99. The molecule has 3 rings (SSSR count). The molecule has 1 N–H and O–H groups in total. The average molecular weight is 390 g/mol. The number of hydrogen-bond donors (Lipinski definition) is 1. The zero-order valence-corrected chi connectivity index (χ0v) is 16.9. The van der Waals surface area contributed by atoms with Crippen molar-refractivity contribution in [2.24, 2.45) is 0 Å². The van der Waals surface area contributed by atoms with E-state index in [1.807, 2.05) is 62.4 Å². The van der Waals surface area contributed by atoms with E-state index in [0.29, 0.717) is 26.2 Å². The van der Waals surface area contributed by atoms with E-state index < -0.39 is 0 Å². The lowest BCUT2D eigenvalue weighted by molar-refractivity contribution is -0.121. The summed E-state index contributed by atoms with van der Waals surface area (Å²) in [4.78, 5) is 16.1. The molecule has 0 saturated carbocycles. The van der Waals surface area contributed by atoms with Crippen molar-refractivity contribution < 1.29 is 14.3 Å². The Labute approximate surface area is 171 Å². The molecule has 29 heavy (non-hydrogen) atoms. The van der Waals surface area contributed by atoms with E-state index in [2.05, 4.69) is 16.4 Å². The average Bonchev–Trinajstić information content (AvgIpc) is 2.71. The van der Waals surface area contributed by atoms with Crippen LogP contribution in [0.5, 0.6) is 11.5 Å². The molecule has 0 aliphatic rings. The number of aryl methyl sites for hydroxylation is 2. The number of amides is 1. The predicted molar refractivity (Wildman–Crippen MR) is 113 cm³/mol. The predicted octanol–water partition coefficient (Wildman–Crippen LogP) is 4.36. The van der Waals surface area contributed by atoms with Crippen LogP contribution in [0.3, 0.4) is 0 Å². The van der Waals surface area contributed by atoms with Crippen LogP contribution >= 0.6 is 0 Å². The molecule has 1 heterocycles. The summed E-state index contributed by atoms with van der Waals surface area (Å²) in [5.74, 6) is 1.55. The molecule has 5 heteroatoms. The highest BCUT2D eigenvalue weighted by molar-refractivity contribution is 5.76. The van der Waals surface area contributed by atoms with Gasteiger partial charge in [0.05, 0.1) is 13.0 Å². The fraction of sp³-hybridized carbons (Fsp3) is 0.250. The summed E-state index contributed by atoms with van der Waals surface area (Å²) in [6.07, 6.45) is 3.84. The number of benzene rings is 2. The van der Waals surface area contributed by atoms with E-state index in [0.717, 1.165) is 33.8 Å². The molecule has 3 aromatic rings. The SMILES string of the molecule is Cc1cc(C)cc(OCCC(=O)NCc2ccc(OCc3cccnc3)cc2)c1. The molecule has 1 aromatic heterocycles. The first kappa shape index (κ1) is 20.4. The molecule has 0 bridgehead atoms. The van der Waals surface area contributed by atoms with Gasteiger partial charge in [0.15, 0.2) is 0 Å². The molecule has 0 aliphatic carbocycles. The van der Waals surface area contributed by atoms with Gasteiger partial charge in [-0.1, -0.05) is 24.3 Å². The smallest absolute Gasteiger partial charge is 0.223 e. The fourth-order valence-corrected chi connectivity index (χ4v) is 2.92. The largest absolute Gasteiger partial charge is 0.493 e. The Bertz CT molecular complexity index is 904. The van der Waals surface area contributed by atoms with Gasteiger partial charge >= 0.3 is 0 Å². The van der Waals surface area contributed by atoms with Crippen molar-refractivity contribution in [1.82, 2.24) is 10.3 Å². The number of nitrogens with zero attached hydrogens (tertiary/aromatic N) is 1. The highest BCUT2D eigenvalue weighted by Gasteiger charge is 2.04. The molecule has 0 saturated heterocycles. The molecule has 0 atom stereocenters. The summed E-state index contributed by atoms with van der Waals surface area (Å²) in [5.41, 5.74) is 4.34. The van der Waals surface area contributed by atoms with Gasteiger partial charge in [-0.05, 0) is 60.9 Å². The minimum Gasteiger partial charge on any atom is -0.493 e. The second-order valence-electron chi connectivity index (χ2n) is 6.99. The van der Waals surface area contributed by atoms with E-state index in [-0.39, 0.29) is 5.91 Å². The topological polar surface area (TPSA) is 60.5 Å². The Morgan fingerprint density at radius 1 is 0.931 bits per heavy atom. The van der Waals surface area contributed by atoms with Gasteiger partial charge in [0.2, 0.25) is 5.91 Å². The summed E-state index contributed by atoms with van der Waals surface area (Å²) in [7, 11) is 0. The third-order valence-corrected chi connectivity index (χ3v) is 4.33. The zero-order chi connectivity index (χ0) is 20.5. The molecule has 2 aromatic carbocycles. The van der Waals surface area contributed by atoms with Crippen molar-refractivity contribution in [1.29, 1.82) is 0 Å². The molecule has 150 valence electrons. The molecular formula is C24H26N2O3. The number of aromatic nitrogens is 1. The molecule has 5 nitrogen and oxygen atoms in total. The molecule has 0 unspecified atom stereocenters. The van der Waals surface area contributed by atoms with Crippen LogP contribution in [0.15, 0.2) is 67.0 Å². The Morgan fingerprint density at radius 3 is 2.38 bits per heavy atom. The van der Waals surface area contributed by atoms with Crippen molar-refractivity contribution in [3.8, 4) is 11.5 Å². The summed E-state index contributed by atoms with van der Waals surface area (Å²) in [6.45, 7) is 5.37. The minimum atomic E-state index is -0.0359. The number of carbonyl (C=O) groups is 1. The van der Waals surface area contributed by atoms with Crippen molar-refractivity contribution in [3.05, 3.63) is 89.2 Å². The standard InChI is InChI=1S/C24H26N2O3/c1-18-12-19(2)14-23(13-18)28-11-9-24(27)26-16-20-5-7-22(8-6-20)29-17-21-4-3-10-25-15-21/h3-8,10,12-15H,9,11,16-17H2,1-2H3,(H,26,27). The number of rotatable bonds is 9. The quantitative estimate of drug-likeness (QED) is 0.590. The molecule has 1 amide bonds. The van der Waals surface area contributed by atoms with E-state index in [1.54, 1.807) is 12.4 Å². The molecule has 0 spiro atoms. The maximum atomic E-state index is 12.0. The lowest BCUT2D eigenvalue weighted by Crippen LogP contribution is -2.24. The Balaban J connectivity index is 1.37. The highest BCUT2D eigenvalue weighted by atomic mass is 16.5. The second kappa shape index (κ2) is 10.3. The van der Waals surface area contributed by atoms with Crippen molar-refractivity contribution in [2.45, 2.75) is 33.4 Å². The first-order valence-electron chi connectivity index (χ1n) is 9.67. The van der Waals surface area contributed by atoms with Crippen LogP contribution in [-0.2, 0) is 17.9 Å². The van der Waals surface area contributed by atoms with Crippen molar-refractivity contribution in [3.63, 3.8) is 0 Å². The fourth-order valence-electron chi connectivity index (χ4n) is 2.92. The van der Waals surface area contributed by atoms with Crippen LogP contribution in [0, 0.1) is 13.8 Å². The third kappa shape index (κ3) is 6.96. The van der Waals surface area contributed by atoms with E-state index in [4.69, 9.17) is 9.47 Å². The summed E-state index contributed by atoms with van der Waals surface area (Å²) >= 11 is 0. The van der Waals surface area contributed by atoms with E-state index in [1.165, 1.54) is 0 Å². The zero-order valence-electron chi connectivity index (χ0n) is 16.9. The van der Waals surface area contributed by atoms with Crippen LogP contribution < -0.4 is 14.8 Å². The lowest BCUT2D eigenvalue weighted by Gasteiger charge is -2.10. The first-order valence-corrected chi connectivity index (χ1v) is 9.67. The van der Waals surface area contributed by atoms with Gasteiger partial charge in [0, 0.05) is 24.5 Å². The molecular weight excluding hydrogens is 364 g/mol. The van der Waals surface area contributed by atoms with Gasteiger partial charge in [-0.25, -0.2) is 0 Å². The molecule has 0 fully saturated rings. The van der Waals surface area contributed by atoms with Gasteiger partial charge in [-0.2, -0.15) is 0 Å². The van der Waals surface area contributed by atoms with Gasteiger partial charge < -0.3 is 14.8 Å². The van der Waals surface area contributed by atoms with Gasteiger partial charge in [0.1, 0.15) is 18.1 Å². The maximum absolute atomic E-state index is 12.0. The summed E-state index contributed by atoms with van der Waals surface area (Å²) in [5, 5.41) is 2.92. The third-order valence-electron chi connectivity index (χ3n) is 4.33. The normalized spacial score (nSPS) is 10.4. The number of pyridine rings is 1. The number of hydrogen-bond acceptors (Lipinski definition) is 4. The summed E-state index contributed by atoms with van der Waals surface area (Å²) in [6, 6.07) is 17.6. The monoisotopic (exact) mass is 390 g/mol. The number of ether oxygens (including phenoxy) is 2. The highest BCUT2D eigenvalue weighted by Crippen LogP contribution is 2.16.